The molecular formula is C10H10O2S. The van der Waals surface area contributed by atoms with Crippen LogP contribution in [0.2, 0.25) is 0 Å². The van der Waals surface area contributed by atoms with Gasteiger partial charge in [-0.15, -0.1) is 12.6 Å². The van der Waals surface area contributed by atoms with Gasteiger partial charge in [0.1, 0.15) is 5.78 Å². The summed E-state index contributed by atoms with van der Waals surface area (Å²) in [6.45, 7) is 1.50. The molecule has 1 aromatic rings. The van der Waals surface area contributed by atoms with Crippen molar-refractivity contribution < 1.29 is 9.59 Å². The lowest BCUT2D eigenvalue weighted by atomic mass is 10.0. The summed E-state index contributed by atoms with van der Waals surface area (Å²) >= 11 is 4.13. The van der Waals surface area contributed by atoms with Crippen molar-refractivity contribution >= 4 is 24.7 Å². The molecule has 0 spiro atoms. The van der Waals surface area contributed by atoms with Gasteiger partial charge in [-0.3, -0.25) is 9.59 Å². The van der Waals surface area contributed by atoms with Gasteiger partial charge >= 0.3 is 0 Å². The predicted octanol–water partition coefficient (Wildman–Crippen LogP) is 1.92. The van der Waals surface area contributed by atoms with Gasteiger partial charge in [0.15, 0.2) is 6.29 Å². The smallest absolute Gasteiger partial charge is 0.151 e. The molecule has 0 saturated carbocycles. The van der Waals surface area contributed by atoms with Crippen LogP contribution in [0.15, 0.2) is 23.1 Å². The van der Waals surface area contributed by atoms with E-state index in [9.17, 15) is 9.59 Å². The highest BCUT2D eigenvalue weighted by Crippen LogP contribution is 2.16. The Kier molecular flexibility index (Phi) is 3.25. The number of thiol groups is 1. The summed E-state index contributed by atoms with van der Waals surface area (Å²) in [5.74, 6) is 0.0435. The van der Waals surface area contributed by atoms with Crippen molar-refractivity contribution in [3.63, 3.8) is 0 Å². The van der Waals surface area contributed by atoms with Crippen molar-refractivity contribution in [3.05, 3.63) is 29.3 Å². The van der Waals surface area contributed by atoms with E-state index < -0.39 is 0 Å². The summed E-state index contributed by atoms with van der Waals surface area (Å²) in [5.41, 5.74) is 1.26. The molecule has 1 rings (SSSR count). The van der Waals surface area contributed by atoms with E-state index in [1.54, 1.807) is 18.2 Å². The maximum atomic E-state index is 10.9. The number of ketones is 1. The monoisotopic (exact) mass is 194 g/mol. The first kappa shape index (κ1) is 9.99. The summed E-state index contributed by atoms with van der Waals surface area (Å²) in [6.07, 6.45) is 1.03. The molecule has 0 aliphatic heterocycles. The van der Waals surface area contributed by atoms with Gasteiger partial charge in [-0.25, -0.2) is 0 Å². The fourth-order valence-electron chi connectivity index (χ4n) is 1.16. The molecule has 0 unspecified atom stereocenters. The molecule has 0 fully saturated rings. The zero-order valence-corrected chi connectivity index (χ0v) is 8.17. The van der Waals surface area contributed by atoms with Crippen LogP contribution in [0, 0.1) is 0 Å². The second kappa shape index (κ2) is 4.23. The Morgan fingerprint density at radius 1 is 1.54 bits per heavy atom. The lowest BCUT2D eigenvalue weighted by molar-refractivity contribution is -0.116. The van der Waals surface area contributed by atoms with Crippen molar-refractivity contribution in [2.45, 2.75) is 18.2 Å². The minimum atomic E-state index is 0.0435. The quantitative estimate of drug-likeness (QED) is 0.589. The zero-order valence-electron chi connectivity index (χ0n) is 7.28. The average Bonchev–Trinajstić information content (AvgIpc) is 2.03. The van der Waals surface area contributed by atoms with E-state index in [1.165, 1.54) is 6.92 Å². The lowest BCUT2D eigenvalue weighted by Gasteiger charge is -2.03. The third kappa shape index (κ3) is 2.42. The van der Waals surface area contributed by atoms with Gasteiger partial charge in [0, 0.05) is 16.9 Å². The SMILES string of the molecule is CC(=O)Cc1cccc(S)c1C=O. The molecule has 2 nitrogen and oxygen atoms in total. The first-order valence-electron chi connectivity index (χ1n) is 3.90. The normalized spacial score (nSPS) is 9.69. The largest absolute Gasteiger partial charge is 0.300 e. The van der Waals surface area contributed by atoms with Gasteiger partial charge in [0.2, 0.25) is 0 Å². The Morgan fingerprint density at radius 3 is 2.77 bits per heavy atom. The third-order valence-electron chi connectivity index (χ3n) is 1.73. The summed E-state index contributed by atoms with van der Waals surface area (Å²) in [4.78, 5) is 22.1. The topological polar surface area (TPSA) is 34.1 Å². The summed E-state index contributed by atoms with van der Waals surface area (Å²) in [7, 11) is 0. The number of aldehydes is 1. The third-order valence-corrected chi connectivity index (χ3v) is 2.12. The second-order valence-corrected chi connectivity index (χ2v) is 3.33. The van der Waals surface area contributed by atoms with Gasteiger partial charge in [-0.1, -0.05) is 12.1 Å². The molecule has 0 bridgehead atoms. The molecule has 68 valence electrons. The number of carbonyl (C=O) groups is 2. The fraction of sp³-hybridized carbons (Fsp3) is 0.200. The molecule has 0 aromatic heterocycles. The Hall–Kier alpha value is -1.09. The maximum Gasteiger partial charge on any atom is 0.151 e. The standard InChI is InChI=1S/C10H10O2S/c1-7(12)5-8-3-2-4-10(13)9(8)6-11/h2-4,6,13H,5H2,1H3. The van der Waals surface area contributed by atoms with Crippen LogP contribution in [0.4, 0.5) is 0 Å². The molecule has 0 saturated heterocycles. The van der Waals surface area contributed by atoms with Crippen LogP contribution in [0.3, 0.4) is 0 Å². The van der Waals surface area contributed by atoms with Crippen LogP contribution in [0.25, 0.3) is 0 Å². The first-order valence-corrected chi connectivity index (χ1v) is 4.35. The molecule has 0 aliphatic rings. The van der Waals surface area contributed by atoms with E-state index in [4.69, 9.17) is 0 Å². The van der Waals surface area contributed by atoms with Crippen LogP contribution < -0.4 is 0 Å². The first-order chi connectivity index (χ1) is 6.15. The Balaban J connectivity index is 3.12. The van der Waals surface area contributed by atoms with Gasteiger partial charge in [0.05, 0.1) is 0 Å². The average molecular weight is 194 g/mol. The number of carbonyl (C=O) groups excluding carboxylic acids is 2. The van der Waals surface area contributed by atoms with E-state index >= 15 is 0 Å². The second-order valence-electron chi connectivity index (χ2n) is 2.85. The fourth-order valence-corrected chi connectivity index (χ4v) is 1.44. The van der Waals surface area contributed by atoms with Crippen LogP contribution in [0.1, 0.15) is 22.8 Å². The van der Waals surface area contributed by atoms with E-state index in [0.29, 0.717) is 16.9 Å². The molecule has 0 N–H and O–H groups in total. The summed E-state index contributed by atoms with van der Waals surface area (Å²) in [5, 5.41) is 0. The Labute approximate surface area is 82.4 Å². The van der Waals surface area contributed by atoms with Gasteiger partial charge in [0.25, 0.3) is 0 Å². The predicted molar refractivity (Wildman–Crippen MR) is 53.5 cm³/mol. The highest BCUT2D eigenvalue weighted by atomic mass is 32.1. The highest BCUT2D eigenvalue weighted by Gasteiger charge is 2.06. The minimum absolute atomic E-state index is 0.0435. The van der Waals surface area contributed by atoms with E-state index in [0.717, 1.165) is 11.8 Å². The van der Waals surface area contributed by atoms with E-state index in [1.807, 2.05) is 0 Å². The molecule has 0 heterocycles. The molecule has 0 amide bonds. The van der Waals surface area contributed by atoms with E-state index in [2.05, 4.69) is 12.6 Å². The van der Waals surface area contributed by atoms with Crippen LogP contribution in [0.5, 0.6) is 0 Å². The number of hydrogen-bond acceptors (Lipinski definition) is 3. The molecule has 0 radical (unpaired) electrons. The summed E-state index contributed by atoms with van der Waals surface area (Å²) in [6, 6.07) is 5.29. The lowest BCUT2D eigenvalue weighted by Crippen LogP contribution is -2.01. The summed E-state index contributed by atoms with van der Waals surface area (Å²) < 4.78 is 0. The Morgan fingerprint density at radius 2 is 2.23 bits per heavy atom. The maximum absolute atomic E-state index is 10.9. The molecule has 13 heavy (non-hydrogen) atoms. The van der Waals surface area contributed by atoms with Crippen molar-refractivity contribution in [1.82, 2.24) is 0 Å². The number of rotatable bonds is 3. The van der Waals surface area contributed by atoms with Crippen molar-refractivity contribution in [2.75, 3.05) is 0 Å². The van der Waals surface area contributed by atoms with Crippen molar-refractivity contribution in [1.29, 1.82) is 0 Å². The molecule has 0 aliphatic carbocycles. The molecule has 3 heteroatoms. The Bertz CT molecular complexity index is 345. The van der Waals surface area contributed by atoms with E-state index in [-0.39, 0.29) is 5.78 Å². The number of Topliss-reactive ketones (excluding diaryl/α,β-unsaturated/α-hetero) is 1. The molecular weight excluding hydrogens is 184 g/mol. The number of hydrogen-bond donors (Lipinski definition) is 1. The minimum Gasteiger partial charge on any atom is -0.300 e. The van der Waals surface area contributed by atoms with Gasteiger partial charge < -0.3 is 0 Å². The molecule has 1 aromatic carbocycles. The zero-order chi connectivity index (χ0) is 9.84. The van der Waals surface area contributed by atoms with Gasteiger partial charge in [-0.05, 0) is 18.6 Å². The highest BCUT2D eigenvalue weighted by molar-refractivity contribution is 7.80. The van der Waals surface area contributed by atoms with Crippen molar-refractivity contribution in [3.8, 4) is 0 Å². The van der Waals surface area contributed by atoms with Crippen LogP contribution >= 0.6 is 12.6 Å². The number of benzene rings is 1. The van der Waals surface area contributed by atoms with Gasteiger partial charge in [-0.2, -0.15) is 0 Å². The van der Waals surface area contributed by atoms with Crippen LogP contribution in [-0.2, 0) is 11.2 Å². The van der Waals surface area contributed by atoms with Crippen LogP contribution in [-0.4, -0.2) is 12.1 Å². The van der Waals surface area contributed by atoms with Crippen molar-refractivity contribution in [2.24, 2.45) is 0 Å². The molecule has 0 atom stereocenters.